The molecule has 0 aliphatic carbocycles. The topological polar surface area (TPSA) is 20.3 Å². The Labute approximate surface area is 126 Å². The number of aryl methyl sites for hydroxylation is 1. The molecule has 2 nitrogen and oxygen atoms in total. The minimum atomic E-state index is -0.214. The highest BCUT2D eigenvalue weighted by atomic mass is 19.1. The maximum Gasteiger partial charge on any atom is 0.136 e. The van der Waals surface area contributed by atoms with Crippen LogP contribution in [0.3, 0.4) is 0 Å². The molecule has 0 amide bonds. The van der Waals surface area contributed by atoms with Crippen molar-refractivity contribution in [1.82, 2.24) is 4.90 Å². The molecule has 3 rings (SSSR count). The Kier molecular flexibility index (Phi) is 4.39. The van der Waals surface area contributed by atoms with Gasteiger partial charge < -0.3 is 4.90 Å². The van der Waals surface area contributed by atoms with Crippen LogP contribution in [-0.4, -0.2) is 29.8 Å². The highest BCUT2D eigenvalue weighted by molar-refractivity contribution is 5.81. The molecule has 0 N–H and O–H groups in total. The van der Waals surface area contributed by atoms with Crippen LogP contribution < -0.4 is 0 Å². The lowest BCUT2D eigenvalue weighted by Crippen LogP contribution is -2.51. The third-order valence-corrected chi connectivity index (χ3v) is 5.34. The molecule has 2 aliphatic heterocycles. The molecule has 2 fully saturated rings. The molecular formula is C18H24FNO. The third-order valence-electron chi connectivity index (χ3n) is 5.34. The third kappa shape index (κ3) is 3.34. The van der Waals surface area contributed by atoms with Crippen molar-refractivity contribution in [2.45, 2.75) is 57.0 Å². The average Bonchev–Trinajstić information content (AvgIpc) is 2.44. The minimum absolute atomic E-state index is 0.214. The van der Waals surface area contributed by atoms with E-state index in [0.717, 1.165) is 18.4 Å². The molecule has 2 atom stereocenters. The Morgan fingerprint density at radius 1 is 1.29 bits per heavy atom. The van der Waals surface area contributed by atoms with Gasteiger partial charge in [-0.25, -0.2) is 4.39 Å². The molecule has 3 heteroatoms. The van der Waals surface area contributed by atoms with Crippen LogP contribution in [0.4, 0.5) is 4.39 Å². The van der Waals surface area contributed by atoms with Crippen molar-refractivity contribution in [1.29, 1.82) is 0 Å². The van der Waals surface area contributed by atoms with Crippen molar-refractivity contribution in [3.05, 3.63) is 35.6 Å². The van der Waals surface area contributed by atoms with Crippen LogP contribution in [0, 0.1) is 11.7 Å². The van der Waals surface area contributed by atoms with Crippen molar-refractivity contribution < 1.29 is 9.18 Å². The lowest BCUT2D eigenvalue weighted by molar-refractivity contribution is -0.126. The number of Topliss-reactive ketones (excluding diaryl/α,β-unsaturated/α-hetero) is 1. The molecule has 114 valence electrons. The Hall–Kier alpha value is -1.22. The Balaban J connectivity index is 1.56. The number of ketones is 1. The zero-order valence-corrected chi connectivity index (χ0v) is 12.7. The van der Waals surface area contributed by atoms with E-state index in [1.165, 1.54) is 31.4 Å². The monoisotopic (exact) mass is 289 g/mol. The lowest BCUT2D eigenvalue weighted by atomic mass is 9.76. The number of carbonyl (C=O) groups excluding carboxylic acids is 1. The maximum atomic E-state index is 13.2. The molecular weight excluding hydrogens is 265 g/mol. The summed E-state index contributed by atoms with van der Waals surface area (Å²) >= 11 is 0. The van der Waals surface area contributed by atoms with Gasteiger partial charge in [0.2, 0.25) is 0 Å². The van der Waals surface area contributed by atoms with E-state index in [9.17, 15) is 9.18 Å². The van der Waals surface area contributed by atoms with E-state index in [1.807, 2.05) is 6.07 Å². The summed E-state index contributed by atoms with van der Waals surface area (Å²) in [5.74, 6) is 0.392. The van der Waals surface area contributed by atoms with Gasteiger partial charge in [0.05, 0.1) is 0 Å². The van der Waals surface area contributed by atoms with Gasteiger partial charge in [0.25, 0.3) is 0 Å². The second kappa shape index (κ2) is 6.27. The molecule has 2 heterocycles. The first kappa shape index (κ1) is 14.7. The number of hydrogen-bond donors (Lipinski definition) is 0. The number of benzene rings is 1. The number of nitrogens with zero attached hydrogens (tertiary/aromatic N) is 1. The summed E-state index contributed by atoms with van der Waals surface area (Å²) in [4.78, 5) is 15.0. The predicted molar refractivity (Wildman–Crippen MR) is 81.6 cm³/mol. The molecule has 1 aromatic carbocycles. The van der Waals surface area contributed by atoms with Crippen molar-refractivity contribution in [2.24, 2.45) is 5.92 Å². The van der Waals surface area contributed by atoms with Gasteiger partial charge in [0, 0.05) is 24.4 Å². The van der Waals surface area contributed by atoms with E-state index < -0.39 is 0 Å². The molecule has 21 heavy (non-hydrogen) atoms. The fraction of sp³-hybridized carbons (Fsp3) is 0.611. The second-order valence-electron chi connectivity index (χ2n) is 6.67. The van der Waals surface area contributed by atoms with Crippen LogP contribution in [0.2, 0.25) is 0 Å². The number of halogens is 1. The first-order valence-electron chi connectivity index (χ1n) is 8.12. The molecule has 2 bridgehead atoms. The van der Waals surface area contributed by atoms with Crippen LogP contribution in [0.1, 0.15) is 44.1 Å². The molecule has 2 unspecified atom stereocenters. The number of rotatable bonds is 4. The van der Waals surface area contributed by atoms with Crippen LogP contribution >= 0.6 is 0 Å². The zero-order valence-electron chi connectivity index (χ0n) is 12.7. The summed E-state index contributed by atoms with van der Waals surface area (Å²) in [5.41, 5.74) is 0.927. The first-order chi connectivity index (χ1) is 10.1. The average molecular weight is 289 g/mol. The van der Waals surface area contributed by atoms with Gasteiger partial charge in [0.15, 0.2) is 0 Å². The van der Waals surface area contributed by atoms with E-state index in [2.05, 4.69) is 11.9 Å². The molecule has 0 spiro atoms. The summed E-state index contributed by atoms with van der Waals surface area (Å²) in [6.07, 6.45) is 7.05. The van der Waals surface area contributed by atoms with Gasteiger partial charge >= 0.3 is 0 Å². The molecule has 0 saturated carbocycles. The number of fused-ring (bicyclic) bond motifs is 2. The van der Waals surface area contributed by atoms with Gasteiger partial charge in [0.1, 0.15) is 11.6 Å². The fourth-order valence-electron chi connectivity index (χ4n) is 4.04. The van der Waals surface area contributed by atoms with Crippen molar-refractivity contribution in [3.63, 3.8) is 0 Å². The van der Waals surface area contributed by atoms with Crippen molar-refractivity contribution >= 4 is 5.78 Å². The van der Waals surface area contributed by atoms with Gasteiger partial charge in [-0.1, -0.05) is 18.6 Å². The number of carbonyl (C=O) groups is 1. The Morgan fingerprint density at radius 3 is 2.67 bits per heavy atom. The highest BCUT2D eigenvalue weighted by Crippen LogP contribution is 2.36. The lowest BCUT2D eigenvalue weighted by Gasteiger charge is -2.46. The first-order valence-corrected chi connectivity index (χ1v) is 8.12. The summed E-state index contributed by atoms with van der Waals surface area (Å²) < 4.78 is 13.2. The summed E-state index contributed by atoms with van der Waals surface area (Å²) in [6, 6.07) is 7.80. The molecule has 2 aliphatic rings. The second-order valence-corrected chi connectivity index (χ2v) is 6.67. The smallest absolute Gasteiger partial charge is 0.136 e. The van der Waals surface area contributed by atoms with Gasteiger partial charge in [-0.2, -0.15) is 0 Å². The summed E-state index contributed by atoms with van der Waals surface area (Å²) in [5, 5.41) is 0. The van der Waals surface area contributed by atoms with E-state index in [0.29, 0.717) is 30.7 Å². The van der Waals surface area contributed by atoms with Gasteiger partial charge in [-0.05, 0) is 56.8 Å². The Bertz CT molecular complexity index is 502. The fourth-order valence-corrected chi connectivity index (χ4v) is 4.04. The number of piperidine rings is 2. The van der Waals surface area contributed by atoms with E-state index >= 15 is 0 Å². The summed E-state index contributed by atoms with van der Waals surface area (Å²) in [6.45, 7) is 0. The van der Waals surface area contributed by atoms with E-state index in [-0.39, 0.29) is 11.7 Å². The zero-order chi connectivity index (χ0) is 14.8. The predicted octanol–water partition coefficient (Wildman–Crippen LogP) is 3.59. The van der Waals surface area contributed by atoms with E-state index in [4.69, 9.17) is 0 Å². The normalized spacial score (nSPS) is 29.3. The Morgan fingerprint density at radius 2 is 2.00 bits per heavy atom. The maximum absolute atomic E-state index is 13.2. The quantitative estimate of drug-likeness (QED) is 0.844. The van der Waals surface area contributed by atoms with Gasteiger partial charge in [-0.15, -0.1) is 0 Å². The van der Waals surface area contributed by atoms with Crippen LogP contribution in [0.5, 0.6) is 0 Å². The SMILES string of the molecule is CN1C2CCCC1CC(C(=O)CCc1cccc(F)c1)C2. The summed E-state index contributed by atoms with van der Waals surface area (Å²) in [7, 11) is 2.21. The molecule has 0 radical (unpaired) electrons. The largest absolute Gasteiger partial charge is 0.300 e. The standard InChI is InChI=1S/C18H24FNO/c1-20-16-6-3-7-17(20)12-14(11-16)18(21)9-8-13-4-2-5-15(19)10-13/h2,4-5,10,14,16-17H,3,6-9,11-12H2,1H3. The van der Waals surface area contributed by atoms with Crippen molar-refractivity contribution in [2.75, 3.05) is 7.05 Å². The van der Waals surface area contributed by atoms with E-state index in [1.54, 1.807) is 6.07 Å². The molecule has 0 aromatic heterocycles. The minimum Gasteiger partial charge on any atom is -0.300 e. The highest BCUT2D eigenvalue weighted by Gasteiger charge is 2.38. The van der Waals surface area contributed by atoms with Crippen LogP contribution in [-0.2, 0) is 11.2 Å². The number of hydrogen-bond acceptors (Lipinski definition) is 2. The van der Waals surface area contributed by atoms with Crippen LogP contribution in [0.15, 0.2) is 24.3 Å². The molecule has 1 aromatic rings. The van der Waals surface area contributed by atoms with Crippen molar-refractivity contribution in [3.8, 4) is 0 Å². The van der Waals surface area contributed by atoms with Gasteiger partial charge in [-0.3, -0.25) is 4.79 Å². The van der Waals surface area contributed by atoms with Crippen LogP contribution in [0.25, 0.3) is 0 Å². The molecule has 2 saturated heterocycles.